The zero-order valence-corrected chi connectivity index (χ0v) is 31.6. The van der Waals surface area contributed by atoms with Crippen molar-refractivity contribution in [1.29, 1.82) is 0 Å². The molecule has 5 aromatic carbocycles. The molecular weight excluding hydrogens is 774 g/mol. The molecule has 0 unspecified atom stereocenters. The Kier molecular flexibility index (Phi) is 12.4. The molecule has 1 saturated heterocycles. The molecule has 0 saturated carbocycles. The number of rotatable bonds is 15. The zero-order valence-electron chi connectivity index (χ0n) is 29.9. The van der Waals surface area contributed by atoms with E-state index < -0.39 is 62.2 Å². The Balaban J connectivity index is 1.26. The average molecular weight is 808 g/mol. The topological polar surface area (TPSA) is 174 Å². The molecule has 0 radical (unpaired) electrons. The summed E-state index contributed by atoms with van der Waals surface area (Å²) in [4.78, 5) is 56.1. The third-order valence-electron chi connectivity index (χ3n) is 8.39. The van der Waals surface area contributed by atoms with Gasteiger partial charge in [0.25, 0.3) is 5.56 Å². The van der Waals surface area contributed by atoms with Gasteiger partial charge in [0.15, 0.2) is 23.5 Å². The Labute approximate surface area is 329 Å². The van der Waals surface area contributed by atoms with Crippen molar-refractivity contribution >= 4 is 31.5 Å². The predicted molar refractivity (Wildman–Crippen MR) is 208 cm³/mol. The van der Waals surface area contributed by atoms with E-state index in [1.165, 1.54) is 24.3 Å². The van der Waals surface area contributed by atoms with Crippen molar-refractivity contribution in [3.05, 3.63) is 189 Å². The number of hydrogen-bond donors (Lipinski definition) is 1. The summed E-state index contributed by atoms with van der Waals surface area (Å²) in [6.07, 6.45) is -6.10. The fourth-order valence-corrected chi connectivity index (χ4v) is 7.74. The number of nitrogens with one attached hydrogen (secondary N) is 1. The quantitative estimate of drug-likeness (QED) is 0.0649. The molecule has 16 heteroatoms. The number of aromatic amines is 1. The summed E-state index contributed by atoms with van der Waals surface area (Å²) in [6, 6.07) is 41.7. The average Bonchev–Trinajstić information content (AvgIpc) is 3.56. The summed E-state index contributed by atoms with van der Waals surface area (Å²) >= 11 is 1.06. The third-order valence-corrected chi connectivity index (χ3v) is 10.7. The molecular formula is C41H34N3O11PS. The second-order valence-electron chi connectivity index (χ2n) is 12.4. The van der Waals surface area contributed by atoms with Gasteiger partial charge in [-0.05, 0) is 54.1 Å². The van der Waals surface area contributed by atoms with Gasteiger partial charge in [0.1, 0.15) is 17.6 Å². The van der Waals surface area contributed by atoms with E-state index in [1.54, 1.807) is 97.1 Å². The number of H-pyrrole nitrogens is 1. The van der Waals surface area contributed by atoms with Crippen LogP contribution >= 0.6 is 19.6 Å². The van der Waals surface area contributed by atoms with Crippen LogP contribution in [0.25, 0.3) is 0 Å². The van der Waals surface area contributed by atoms with Crippen LogP contribution in [0.5, 0.6) is 11.5 Å². The molecule has 57 heavy (non-hydrogen) atoms. The second kappa shape index (κ2) is 18.1. The lowest BCUT2D eigenvalue weighted by Crippen LogP contribution is -2.44. The highest BCUT2D eigenvalue weighted by molar-refractivity contribution is 7.98. The Morgan fingerprint density at radius 2 is 1.16 bits per heavy atom. The molecule has 0 spiro atoms. The van der Waals surface area contributed by atoms with Crippen molar-refractivity contribution in [3.63, 3.8) is 0 Å². The number of thioether (sulfide) groups is 1. The smallest absolute Gasteiger partial charge is 0.452 e. The molecule has 14 nitrogen and oxygen atoms in total. The summed E-state index contributed by atoms with van der Waals surface area (Å²) in [6.45, 7) is -0.646. The molecule has 1 aromatic heterocycles. The molecule has 4 atom stereocenters. The SMILES string of the molecule is O=C(O[C@H]1[C@H](OC(=O)c2ccccc2)[C@@H](n2nc(SCc3ccccc3)c(=O)[nH]c2=O)O[C@H]1COP(=O)(Oc1ccccc1)Oc1ccccc1)c1ccccc1. The largest absolute Gasteiger partial charge is 0.587 e. The van der Waals surface area contributed by atoms with Crippen LogP contribution in [0.2, 0.25) is 0 Å². The van der Waals surface area contributed by atoms with Crippen molar-refractivity contribution in [2.45, 2.75) is 35.3 Å². The maximum atomic E-state index is 14.4. The molecule has 0 amide bonds. The Hall–Kier alpha value is -6.25. The van der Waals surface area contributed by atoms with Crippen LogP contribution in [-0.4, -0.2) is 51.6 Å². The summed E-state index contributed by atoms with van der Waals surface area (Å²) < 4.78 is 51.0. The van der Waals surface area contributed by atoms with E-state index in [-0.39, 0.29) is 27.7 Å². The van der Waals surface area contributed by atoms with Gasteiger partial charge in [-0.2, -0.15) is 9.78 Å². The minimum atomic E-state index is -4.55. The van der Waals surface area contributed by atoms with Crippen molar-refractivity contribution in [2.75, 3.05) is 6.61 Å². The number of phosphoric ester groups is 1. The van der Waals surface area contributed by atoms with E-state index in [9.17, 15) is 23.7 Å². The van der Waals surface area contributed by atoms with Crippen LogP contribution in [0.15, 0.2) is 166 Å². The van der Waals surface area contributed by atoms with Crippen molar-refractivity contribution in [2.24, 2.45) is 0 Å². The summed E-state index contributed by atoms with van der Waals surface area (Å²) in [5, 5.41) is 4.25. The number of ether oxygens (including phenoxy) is 3. The monoisotopic (exact) mass is 807 g/mol. The molecule has 1 N–H and O–H groups in total. The van der Waals surface area contributed by atoms with Crippen LogP contribution in [0.1, 0.15) is 32.5 Å². The van der Waals surface area contributed by atoms with Gasteiger partial charge in [-0.1, -0.05) is 115 Å². The summed E-state index contributed by atoms with van der Waals surface area (Å²) in [7, 11) is -4.55. The van der Waals surface area contributed by atoms with Gasteiger partial charge in [0.2, 0.25) is 0 Å². The first-order chi connectivity index (χ1) is 27.7. The van der Waals surface area contributed by atoms with E-state index in [1.807, 2.05) is 30.3 Å². The number of benzene rings is 5. The molecule has 1 aliphatic heterocycles. The predicted octanol–water partition coefficient (Wildman–Crippen LogP) is 6.86. The number of aromatic nitrogens is 3. The fourth-order valence-electron chi connectivity index (χ4n) is 5.69. The molecule has 1 fully saturated rings. The first-order valence-electron chi connectivity index (χ1n) is 17.6. The van der Waals surface area contributed by atoms with Gasteiger partial charge in [0.05, 0.1) is 17.7 Å². The zero-order chi connectivity index (χ0) is 39.6. The standard InChI is InChI=1S/C41H34N3O11PS/c45-36-37(57-27-28-16-6-1-7-17-28)43-44(41(48)42-36)38-35(53-40(47)30-20-10-3-11-21-30)34(52-39(46)29-18-8-2-9-19-29)33(51-38)26-50-56(49,54-31-22-12-4-13-23-31)55-32-24-14-5-15-25-32/h1-25,33-35,38H,26-27H2,(H,42,45,48)/t33-,34+,35-,38-/m0/s1. The van der Waals surface area contributed by atoms with E-state index in [2.05, 4.69) is 10.1 Å². The third kappa shape index (κ3) is 9.95. The van der Waals surface area contributed by atoms with E-state index in [0.717, 1.165) is 22.0 Å². The van der Waals surface area contributed by atoms with Crippen molar-refractivity contribution in [3.8, 4) is 11.5 Å². The van der Waals surface area contributed by atoms with Crippen LogP contribution < -0.4 is 20.3 Å². The number of phosphoric acid groups is 1. The molecule has 7 rings (SSSR count). The van der Waals surface area contributed by atoms with Gasteiger partial charge in [0, 0.05) is 5.75 Å². The van der Waals surface area contributed by atoms with Crippen LogP contribution in [0.3, 0.4) is 0 Å². The maximum absolute atomic E-state index is 14.4. The first-order valence-corrected chi connectivity index (χ1v) is 20.0. The molecule has 290 valence electrons. The van der Waals surface area contributed by atoms with Crippen LogP contribution in [0, 0.1) is 0 Å². The number of carbonyl (C=O) groups excluding carboxylic acids is 2. The van der Waals surface area contributed by atoms with Gasteiger partial charge in [-0.15, -0.1) is 0 Å². The summed E-state index contributed by atoms with van der Waals surface area (Å²) in [5.74, 6) is -1.03. The van der Waals surface area contributed by atoms with Crippen molar-refractivity contribution in [1.82, 2.24) is 14.8 Å². The first kappa shape index (κ1) is 39.0. The number of nitrogens with zero attached hydrogens (tertiary/aromatic N) is 2. The number of carbonyl (C=O) groups is 2. The Bertz CT molecular complexity index is 2400. The maximum Gasteiger partial charge on any atom is 0.587 e. The second-order valence-corrected chi connectivity index (χ2v) is 14.9. The molecule has 1 aliphatic rings. The Morgan fingerprint density at radius 3 is 1.68 bits per heavy atom. The normalized spacial score (nSPS) is 17.7. The van der Waals surface area contributed by atoms with Gasteiger partial charge >= 0.3 is 25.5 Å². The number of para-hydroxylation sites is 2. The number of esters is 2. The minimum Gasteiger partial charge on any atom is -0.452 e. The fraction of sp³-hybridized carbons (Fsp3) is 0.146. The Morgan fingerprint density at radius 1 is 0.684 bits per heavy atom. The van der Waals surface area contributed by atoms with Gasteiger partial charge < -0.3 is 23.3 Å². The molecule has 0 bridgehead atoms. The highest BCUT2D eigenvalue weighted by Crippen LogP contribution is 2.50. The lowest BCUT2D eigenvalue weighted by atomic mass is 10.1. The van der Waals surface area contributed by atoms with Gasteiger partial charge in [-0.3, -0.25) is 14.3 Å². The van der Waals surface area contributed by atoms with E-state index >= 15 is 0 Å². The molecule has 2 heterocycles. The highest BCUT2D eigenvalue weighted by Gasteiger charge is 2.53. The number of hydrogen-bond acceptors (Lipinski definition) is 13. The molecule has 6 aromatic rings. The lowest BCUT2D eigenvalue weighted by molar-refractivity contribution is -0.0669. The summed E-state index contributed by atoms with van der Waals surface area (Å²) in [5.41, 5.74) is -0.578. The molecule has 0 aliphatic carbocycles. The van der Waals surface area contributed by atoms with Crippen molar-refractivity contribution < 1.29 is 41.9 Å². The highest BCUT2D eigenvalue weighted by atomic mass is 32.2. The van der Waals surface area contributed by atoms with Crippen LogP contribution in [0.4, 0.5) is 0 Å². The lowest BCUT2D eigenvalue weighted by Gasteiger charge is -2.25. The minimum absolute atomic E-state index is 0.0928. The van der Waals surface area contributed by atoms with Gasteiger partial charge in [-0.25, -0.2) is 18.9 Å². The van der Waals surface area contributed by atoms with Crippen LogP contribution in [-0.2, 0) is 29.1 Å². The van der Waals surface area contributed by atoms with E-state index in [0.29, 0.717) is 5.75 Å². The van der Waals surface area contributed by atoms with E-state index in [4.69, 9.17) is 27.8 Å².